The van der Waals surface area contributed by atoms with Crippen LogP contribution in [-0.2, 0) is 32.9 Å². The van der Waals surface area contributed by atoms with Crippen molar-refractivity contribution in [3.63, 3.8) is 0 Å². The molecule has 264 valence electrons. The van der Waals surface area contributed by atoms with E-state index in [1.54, 1.807) is 0 Å². The number of alkyl halides is 10. The molecule has 3 aromatic carbocycles. The van der Waals surface area contributed by atoms with E-state index in [4.69, 9.17) is 21.4 Å². The topological polar surface area (TPSA) is 138 Å². The molecule has 0 heterocycles. The lowest BCUT2D eigenvalue weighted by molar-refractivity contribution is -0.267. The van der Waals surface area contributed by atoms with Gasteiger partial charge in [-0.1, -0.05) is 18.2 Å². The van der Waals surface area contributed by atoms with Gasteiger partial charge in [0.25, 0.3) is 18.1 Å². The lowest BCUT2D eigenvalue weighted by Crippen LogP contribution is -2.40. The summed E-state index contributed by atoms with van der Waals surface area (Å²) in [5, 5.41) is -0.678. The van der Waals surface area contributed by atoms with Crippen LogP contribution in [0.5, 0.6) is 11.5 Å². The zero-order chi connectivity index (χ0) is 37.1. The largest absolute Gasteiger partial charge is 0.475 e. The second-order valence-electron chi connectivity index (χ2n) is 8.80. The van der Waals surface area contributed by atoms with Gasteiger partial charge in [0, 0.05) is 64.4 Å². The smallest absolute Gasteiger partial charge is 0.426 e. The van der Waals surface area contributed by atoms with Crippen molar-refractivity contribution in [3.05, 3.63) is 48.5 Å². The zero-order valence-electron chi connectivity index (χ0n) is 21.9. The van der Waals surface area contributed by atoms with E-state index in [-0.39, 0.29) is 18.2 Å². The van der Waals surface area contributed by atoms with Crippen molar-refractivity contribution in [2.45, 2.75) is 36.6 Å². The monoisotopic (exact) mass is 942 g/mol. The van der Waals surface area contributed by atoms with Crippen molar-refractivity contribution in [1.82, 2.24) is 0 Å². The Morgan fingerprint density at radius 1 is 0.646 bits per heavy atom. The van der Waals surface area contributed by atoms with Crippen molar-refractivity contribution in [1.29, 1.82) is 0 Å². The predicted molar refractivity (Wildman–Crippen MR) is 158 cm³/mol. The maximum absolute atomic E-state index is 15.0. The molecule has 0 aliphatic rings. The highest BCUT2D eigenvalue weighted by Gasteiger charge is 2.59. The maximum atomic E-state index is 15.0. The molecule has 0 N–H and O–H groups in total. The molecule has 0 aliphatic carbocycles. The molecule has 26 heteroatoms. The Hall–Kier alpha value is -1.88. The van der Waals surface area contributed by atoms with Crippen molar-refractivity contribution < 1.29 is 78.3 Å². The lowest BCUT2D eigenvalue weighted by atomic mass is 9.98. The van der Waals surface area contributed by atoms with Gasteiger partial charge in [-0.15, -0.1) is 3.89 Å². The predicted octanol–water partition coefficient (Wildman–Crippen LogP) is 8.37. The van der Waals surface area contributed by atoms with E-state index < -0.39 is 112 Å². The summed E-state index contributed by atoms with van der Waals surface area (Å²) in [6.07, 6.45) is -10.8. The van der Waals surface area contributed by atoms with Crippen LogP contribution in [0.2, 0.25) is 0 Å². The second-order valence-corrected chi connectivity index (χ2v) is 17.8. The highest BCUT2D eigenvalue weighted by atomic mass is 79.9. The van der Waals surface area contributed by atoms with Crippen LogP contribution < -0.4 is 14.8 Å². The van der Waals surface area contributed by atoms with Gasteiger partial charge in [-0.25, -0.2) is 16.8 Å². The summed E-state index contributed by atoms with van der Waals surface area (Å²) in [6, 6.07) is 3.68. The van der Waals surface area contributed by atoms with Gasteiger partial charge in [0.15, 0.2) is 8.46 Å². The molecule has 0 aromatic heterocycles. The Kier molecular flexibility index (Phi) is 11.3. The number of ether oxygens (including phenoxy) is 2. The first kappa shape index (κ1) is 40.5. The first-order valence-electron chi connectivity index (χ1n) is 11.3. The van der Waals surface area contributed by atoms with Gasteiger partial charge in [0.1, 0.15) is 26.2 Å². The fraction of sp³-hybridized carbons (Fsp3) is 0.182. The summed E-state index contributed by atoms with van der Waals surface area (Å²) >= 11 is 2.70. The van der Waals surface area contributed by atoms with Crippen molar-refractivity contribution in [3.8, 4) is 33.8 Å². The number of rotatable bonds is 12. The van der Waals surface area contributed by atoms with Gasteiger partial charge in [-0.2, -0.15) is 43.5 Å². The Bertz CT molecular complexity index is 2130. The minimum atomic E-state index is -6.13. The molecule has 0 fully saturated rings. The summed E-state index contributed by atoms with van der Waals surface area (Å²) in [4.78, 5) is -14.7. The molecular weight excluding hydrogens is 937 g/mol. The molecule has 0 bridgehead atoms. The molecule has 9 nitrogen and oxygen atoms in total. The Balaban J connectivity index is 2.43. The second kappa shape index (κ2) is 13.3. The average molecular weight is 945 g/mol. The molecular formula is C22H8Br2Cl2F9O9PS3. The van der Waals surface area contributed by atoms with Gasteiger partial charge in [0.05, 0.1) is 5.30 Å². The van der Waals surface area contributed by atoms with Crippen LogP contribution >= 0.6 is 61.7 Å². The molecule has 0 aliphatic heterocycles. The Morgan fingerprint density at radius 2 is 1.04 bits per heavy atom. The standard InChI is InChI=1S/C22H8Br2Cl2F9O9PS3/c23-19(27,28)21(31,32)43-12-4-1-9(7-15(12)46(25,37)38)11-3-6-14(45-36)17(18(11)48(35,41)42)10-2-5-13(16(8-10)47(26,39)40)44-22(33,34)20(24,29)30/h1-8H. The molecule has 0 atom stereocenters. The molecule has 0 saturated carbocycles. The third kappa shape index (κ3) is 8.70. The van der Waals surface area contributed by atoms with Crippen LogP contribution in [0.15, 0.2) is 63.2 Å². The molecule has 0 amide bonds. The van der Waals surface area contributed by atoms with Gasteiger partial charge < -0.3 is 9.47 Å². The third-order valence-electron chi connectivity index (χ3n) is 5.63. The Morgan fingerprint density at radius 3 is 1.40 bits per heavy atom. The summed E-state index contributed by atoms with van der Waals surface area (Å²) in [5.41, 5.74) is -3.45. The first-order chi connectivity index (χ1) is 21.4. The highest BCUT2D eigenvalue weighted by Crippen LogP contribution is 2.46. The molecule has 0 saturated heterocycles. The highest BCUT2D eigenvalue weighted by molar-refractivity contribution is 9.10. The van der Waals surface area contributed by atoms with E-state index in [1.807, 2.05) is 0 Å². The minimum absolute atomic E-state index is 0.247. The first-order valence-corrected chi connectivity index (χ1v) is 19.7. The fourth-order valence-electron chi connectivity index (χ4n) is 3.69. The Labute approximate surface area is 290 Å². The lowest BCUT2D eigenvalue weighted by Gasteiger charge is -2.23. The third-order valence-corrected chi connectivity index (χ3v) is 10.7. The van der Waals surface area contributed by atoms with Gasteiger partial charge in [-0.3, -0.25) is 4.57 Å². The number of hydrogen-bond acceptors (Lipinski definition) is 9. The summed E-state index contributed by atoms with van der Waals surface area (Å²) in [5.74, 6) is -3.03. The van der Waals surface area contributed by atoms with E-state index in [1.165, 1.54) is 31.9 Å². The van der Waals surface area contributed by atoms with Crippen LogP contribution in [0.1, 0.15) is 0 Å². The minimum Gasteiger partial charge on any atom is -0.426 e. The van der Waals surface area contributed by atoms with Crippen molar-refractivity contribution in [2.24, 2.45) is 0 Å². The van der Waals surface area contributed by atoms with Crippen molar-refractivity contribution in [2.75, 3.05) is 0 Å². The summed E-state index contributed by atoms with van der Waals surface area (Å²) in [6.45, 7) is 0. The van der Waals surface area contributed by atoms with Gasteiger partial charge in [-0.05, 0) is 41.5 Å². The van der Waals surface area contributed by atoms with Gasteiger partial charge in [0.2, 0.25) is 0 Å². The van der Waals surface area contributed by atoms with Crippen LogP contribution in [0.25, 0.3) is 22.3 Å². The molecule has 0 spiro atoms. The average Bonchev–Trinajstić information content (AvgIpc) is 2.89. The van der Waals surface area contributed by atoms with Gasteiger partial charge >= 0.3 is 32.1 Å². The molecule has 0 radical (unpaired) electrons. The summed E-state index contributed by atoms with van der Waals surface area (Å²) in [7, 11) is -7.20. The number of halogens is 13. The maximum Gasteiger partial charge on any atom is 0.475 e. The van der Waals surface area contributed by atoms with Crippen LogP contribution in [0, 0.1) is 0 Å². The number of benzene rings is 3. The van der Waals surface area contributed by atoms with Crippen LogP contribution in [0.4, 0.5) is 39.0 Å². The fourth-order valence-corrected chi connectivity index (χ4v) is 7.27. The van der Waals surface area contributed by atoms with E-state index in [0.29, 0.717) is 24.3 Å². The molecule has 3 rings (SSSR count). The SMILES string of the molecule is O=Pc1ccc(-c2ccc(OC(F)(F)C(F)(F)Br)c(S(=O)(=O)Cl)c2)c(S(=O)(=O)F)c1-c1ccc(OC(F)(F)C(F)(F)Br)c(S(=O)(=O)Cl)c1. The zero-order valence-corrected chi connectivity index (χ0v) is 29.9. The summed E-state index contributed by atoms with van der Waals surface area (Å²) < 4.78 is 217. The van der Waals surface area contributed by atoms with E-state index in [0.717, 1.165) is 6.07 Å². The molecule has 0 unspecified atom stereocenters. The molecule has 48 heavy (non-hydrogen) atoms. The van der Waals surface area contributed by atoms with E-state index >= 15 is 3.89 Å². The van der Waals surface area contributed by atoms with E-state index in [2.05, 4.69) is 9.47 Å². The normalized spacial score (nSPS) is 13.9. The number of hydrogen-bond donors (Lipinski definition) is 0. The van der Waals surface area contributed by atoms with Crippen LogP contribution in [-0.4, -0.2) is 47.1 Å². The quantitative estimate of drug-likeness (QED) is 0.0759. The van der Waals surface area contributed by atoms with Crippen LogP contribution in [0.3, 0.4) is 0 Å². The van der Waals surface area contributed by atoms with Crippen molar-refractivity contribution >= 4 is 95.3 Å². The van der Waals surface area contributed by atoms with E-state index in [9.17, 15) is 64.9 Å². The molecule has 3 aromatic rings.